The lowest BCUT2D eigenvalue weighted by molar-refractivity contribution is 0.0775. The summed E-state index contributed by atoms with van der Waals surface area (Å²) in [4.78, 5) is 4.16. The van der Waals surface area contributed by atoms with Crippen molar-refractivity contribution in [3.63, 3.8) is 0 Å². The normalized spacial score (nSPS) is 26.7. The number of guanidine groups is 1. The summed E-state index contributed by atoms with van der Waals surface area (Å²) in [5.74, 6) is -0.0162. The van der Waals surface area contributed by atoms with E-state index in [-0.39, 0.29) is 30.4 Å². The van der Waals surface area contributed by atoms with Gasteiger partial charge in [-0.2, -0.15) is 0 Å². The average molecular weight is 337 g/mol. The summed E-state index contributed by atoms with van der Waals surface area (Å²) in [7, 11) is -3.15. The first-order valence-corrected chi connectivity index (χ1v) is 9.80. The van der Waals surface area contributed by atoms with Crippen LogP contribution < -0.4 is 11.1 Å². The van der Waals surface area contributed by atoms with E-state index in [1.165, 1.54) is 24.0 Å². The Morgan fingerprint density at radius 1 is 1.35 bits per heavy atom. The Balaban J connectivity index is 1.69. The number of hydrogen-bond acceptors (Lipinski definition) is 4. The van der Waals surface area contributed by atoms with Crippen molar-refractivity contribution in [2.24, 2.45) is 10.7 Å². The smallest absolute Gasteiger partial charge is 0.193 e. The lowest BCUT2D eigenvalue weighted by Crippen LogP contribution is -2.35. The van der Waals surface area contributed by atoms with Gasteiger partial charge in [0.2, 0.25) is 0 Å². The van der Waals surface area contributed by atoms with Gasteiger partial charge in [-0.25, -0.2) is 8.42 Å². The lowest BCUT2D eigenvalue weighted by Gasteiger charge is -2.21. The maximum Gasteiger partial charge on any atom is 0.193 e. The predicted octanol–water partition coefficient (Wildman–Crippen LogP) is 0.842. The fourth-order valence-corrected chi connectivity index (χ4v) is 5.22. The lowest BCUT2D eigenvalue weighted by atomic mass is 9.90. The Hall–Kier alpha value is -1.60. The summed E-state index contributed by atoms with van der Waals surface area (Å²) in [6, 6.07) is 6.11. The Labute approximate surface area is 136 Å². The number of nitrogens with two attached hydrogens (primary N) is 1. The molecule has 1 fully saturated rings. The molecule has 1 aromatic rings. The van der Waals surface area contributed by atoms with E-state index in [0.717, 1.165) is 18.5 Å². The van der Waals surface area contributed by atoms with E-state index in [9.17, 15) is 13.5 Å². The SMILES string of the molecule is NC(=NCC1(O)CCS(=O)(=O)C1)Nc1cccc2c1CCCC2. The molecule has 6 nitrogen and oxygen atoms in total. The van der Waals surface area contributed by atoms with E-state index in [2.05, 4.69) is 16.4 Å². The van der Waals surface area contributed by atoms with Gasteiger partial charge in [-0.1, -0.05) is 12.1 Å². The van der Waals surface area contributed by atoms with Gasteiger partial charge >= 0.3 is 0 Å². The first-order valence-electron chi connectivity index (χ1n) is 7.97. The molecule has 0 radical (unpaired) electrons. The minimum Gasteiger partial charge on any atom is -0.387 e. The molecular formula is C16H23N3O3S. The van der Waals surface area contributed by atoms with E-state index < -0.39 is 15.4 Å². The van der Waals surface area contributed by atoms with E-state index in [1.54, 1.807) is 0 Å². The standard InChI is InChI=1S/C16H23N3O3S/c17-15(18-10-16(20)8-9-23(21,22)11-16)19-14-7-3-5-12-4-1-2-6-13(12)14/h3,5,7,20H,1-2,4,6,8-11H2,(H3,17,18,19). The Morgan fingerprint density at radius 3 is 2.87 bits per heavy atom. The van der Waals surface area contributed by atoms with Gasteiger partial charge in [0.15, 0.2) is 15.8 Å². The number of aryl methyl sites for hydroxylation is 1. The highest BCUT2D eigenvalue weighted by Crippen LogP contribution is 2.28. The molecule has 0 aromatic heterocycles. The second-order valence-corrected chi connectivity index (χ2v) is 8.73. The molecule has 1 aromatic carbocycles. The molecule has 0 spiro atoms. The van der Waals surface area contributed by atoms with E-state index in [0.29, 0.717) is 0 Å². The van der Waals surface area contributed by atoms with Crippen molar-refractivity contribution in [1.82, 2.24) is 0 Å². The number of aliphatic hydroxyl groups is 1. The van der Waals surface area contributed by atoms with Crippen LogP contribution in [0.3, 0.4) is 0 Å². The molecule has 2 aliphatic rings. The van der Waals surface area contributed by atoms with E-state index in [4.69, 9.17) is 5.73 Å². The van der Waals surface area contributed by atoms with Crippen molar-refractivity contribution in [2.75, 3.05) is 23.4 Å². The first kappa shape index (κ1) is 16.3. The second-order valence-electron chi connectivity index (χ2n) is 6.54. The van der Waals surface area contributed by atoms with Crippen LogP contribution in [0.1, 0.15) is 30.4 Å². The topological polar surface area (TPSA) is 105 Å². The summed E-state index contributed by atoms with van der Waals surface area (Å²) in [5, 5.41) is 13.4. The largest absolute Gasteiger partial charge is 0.387 e. The Kier molecular flexibility index (Phi) is 4.33. The zero-order valence-electron chi connectivity index (χ0n) is 13.1. The van der Waals surface area contributed by atoms with Gasteiger partial charge in [0.25, 0.3) is 0 Å². The van der Waals surface area contributed by atoms with Crippen molar-refractivity contribution in [2.45, 2.75) is 37.7 Å². The minimum absolute atomic E-state index is 0.0000867. The van der Waals surface area contributed by atoms with Crippen molar-refractivity contribution in [3.8, 4) is 0 Å². The highest BCUT2D eigenvalue weighted by Gasteiger charge is 2.40. The van der Waals surface area contributed by atoms with Gasteiger partial charge in [0, 0.05) is 5.69 Å². The molecule has 1 aliphatic carbocycles. The number of anilines is 1. The molecule has 23 heavy (non-hydrogen) atoms. The summed E-state index contributed by atoms with van der Waals surface area (Å²) in [6.07, 6.45) is 4.70. The molecular weight excluding hydrogens is 314 g/mol. The van der Waals surface area contributed by atoms with Crippen molar-refractivity contribution in [3.05, 3.63) is 29.3 Å². The average Bonchev–Trinajstić information content (AvgIpc) is 2.80. The van der Waals surface area contributed by atoms with Gasteiger partial charge in [0.1, 0.15) is 0 Å². The number of nitrogens with one attached hydrogen (secondary N) is 1. The molecule has 1 heterocycles. The van der Waals surface area contributed by atoms with Gasteiger partial charge < -0.3 is 16.2 Å². The van der Waals surface area contributed by atoms with Crippen LogP contribution in [0.4, 0.5) is 5.69 Å². The number of fused-ring (bicyclic) bond motifs is 1. The summed E-state index contributed by atoms with van der Waals surface area (Å²) >= 11 is 0. The van der Waals surface area contributed by atoms with Crippen molar-refractivity contribution in [1.29, 1.82) is 0 Å². The van der Waals surface area contributed by atoms with Crippen LogP contribution in [-0.4, -0.2) is 43.1 Å². The third-order valence-electron chi connectivity index (χ3n) is 4.57. The Morgan fingerprint density at radius 2 is 2.13 bits per heavy atom. The molecule has 1 aliphatic heterocycles. The molecule has 1 atom stereocenters. The van der Waals surface area contributed by atoms with Crippen LogP contribution in [0.25, 0.3) is 0 Å². The van der Waals surface area contributed by atoms with Crippen molar-refractivity contribution >= 4 is 21.5 Å². The van der Waals surface area contributed by atoms with Gasteiger partial charge in [-0.05, 0) is 49.3 Å². The van der Waals surface area contributed by atoms with Crippen LogP contribution in [0.2, 0.25) is 0 Å². The third kappa shape index (κ3) is 3.84. The zero-order valence-corrected chi connectivity index (χ0v) is 13.9. The second kappa shape index (κ2) is 6.13. The molecule has 7 heteroatoms. The first-order chi connectivity index (χ1) is 10.9. The maximum atomic E-state index is 11.5. The van der Waals surface area contributed by atoms with Gasteiger partial charge in [-0.3, -0.25) is 4.99 Å². The van der Waals surface area contributed by atoms with Crippen LogP contribution in [0.5, 0.6) is 0 Å². The molecule has 1 unspecified atom stereocenters. The quantitative estimate of drug-likeness (QED) is 0.560. The minimum atomic E-state index is -3.15. The number of hydrogen-bond donors (Lipinski definition) is 3. The van der Waals surface area contributed by atoms with Crippen LogP contribution >= 0.6 is 0 Å². The summed E-state index contributed by atoms with van der Waals surface area (Å²) in [5.41, 5.74) is 8.20. The molecule has 3 rings (SSSR count). The number of sulfone groups is 1. The van der Waals surface area contributed by atoms with Crippen molar-refractivity contribution < 1.29 is 13.5 Å². The number of rotatable bonds is 3. The summed E-state index contributed by atoms with van der Waals surface area (Å²) in [6.45, 7) is 0.0000867. The maximum absolute atomic E-state index is 11.5. The van der Waals surface area contributed by atoms with Gasteiger partial charge in [0.05, 0.1) is 23.7 Å². The fourth-order valence-electron chi connectivity index (χ4n) is 3.33. The van der Waals surface area contributed by atoms with Crippen LogP contribution in [0.15, 0.2) is 23.2 Å². The zero-order chi connectivity index (χ0) is 16.5. The molecule has 1 saturated heterocycles. The summed E-state index contributed by atoms with van der Waals surface area (Å²) < 4.78 is 23.0. The molecule has 0 bridgehead atoms. The third-order valence-corrected chi connectivity index (χ3v) is 6.37. The molecule has 126 valence electrons. The van der Waals surface area contributed by atoms with Crippen LogP contribution in [-0.2, 0) is 22.7 Å². The monoisotopic (exact) mass is 337 g/mol. The van der Waals surface area contributed by atoms with E-state index in [1.807, 2.05) is 12.1 Å². The molecule has 4 N–H and O–H groups in total. The van der Waals surface area contributed by atoms with Gasteiger partial charge in [-0.15, -0.1) is 0 Å². The molecule has 0 amide bonds. The number of nitrogens with zero attached hydrogens (tertiary/aromatic N) is 1. The highest BCUT2D eigenvalue weighted by atomic mass is 32.2. The highest BCUT2D eigenvalue weighted by molar-refractivity contribution is 7.91. The fraction of sp³-hybridized carbons (Fsp3) is 0.562. The van der Waals surface area contributed by atoms with E-state index >= 15 is 0 Å². The van der Waals surface area contributed by atoms with Crippen LogP contribution in [0, 0.1) is 0 Å². The predicted molar refractivity (Wildman–Crippen MR) is 91.4 cm³/mol. The number of aliphatic imine (C=N–C) groups is 1. The Bertz CT molecular complexity index is 730. The number of benzene rings is 1. The molecule has 0 saturated carbocycles.